The third-order valence-corrected chi connectivity index (χ3v) is 7.33. The number of benzene rings is 1. The molecule has 1 N–H and O–H groups in total. The maximum absolute atomic E-state index is 12.5. The number of nitrogens with one attached hydrogen (secondary N) is 1. The number of carbonyl (C=O) groups excluding carboxylic acids is 1. The first-order valence-corrected chi connectivity index (χ1v) is 11.2. The molecule has 4 heterocycles. The molecule has 0 saturated carbocycles. The van der Waals surface area contributed by atoms with E-state index in [9.17, 15) is 4.79 Å². The number of nitrogens with zero attached hydrogens (tertiary/aromatic N) is 2. The van der Waals surface area contributed by atoms with Crippen LogP contribution in [0.3, 0.4) is 0 Å². The van der Waals surface area contributed by atoms with E-state index in [1.54, 1.807) is 18.5 Å². The summed E-state index contributed by atoms with van der Waals surface area (Å²) in [7, 11) is 0. The molecule has 5 nitrogen and oxygen atoms in total. The SMILES string of the molecule is CC(C)c1ccc(CN2C[C@@H]3[C@H](CNC(=O)c4cccnc4)[C@H]4CC[C@]3(C2)O4)cc1. The monoisotopic (exact) mass is 405 g/mol. The lowest BCUT2D eigenvalue weighted by molar-refractivity contribution is 0.00212. The fourth-order valence-electron chi connectivity index (χ4n) is 5.76. The van der Waals surface area contributed by atoms with Crippen molar-refractivity contribution in [1.29, 1.82) is 0 Å². The zero-order chi connectivity index (χ0) is 20.7. The van der Waals surface area contributed by atoms with Crippen molar-refractivity contribution >= 4 is 5.91 Å². The lowest BCUT2D eigenvalue weighted by Crippen LogP contribution is -2.41. The van der Waals surface area contributed by atoms with Crippen molar-refractivity contribution in [2.45, 2.75) is 50.9 Å². The van der Waals surface area contributed by atoms with Gasteiger partial charge in [0.25, 0.3) is 5.91 Å². The van der Waals surface area contributed by atoms with Crippen LogP contribution in [-0.2, 0) is 11.3 Å². The highest BCUT2D eigenvalue weighted by molar-refractivity contribution is 5.93. The first-order chi connectivity index (χ1) is 14.5. The van der Waals surface area contributed by atoms with E-state index in [1.165, 1.54) is 11.1 Å². The van der Waals surface area contributed by atoms with Crippen molar-refractivity contribution in [3.63, 3.8) is 0 Å². The highest BCUT2D eigenvalue weighted by Crippen LogP contribution is 2.54. The maximum Gasteiger partial charge on any atom is 0.252 e. The molecule has 4 atom stereocenters. The van der Waals surface area contributed by atoms with Gasteiger partial charge in [0.15, 0.2) is 0 Å². The molecule has 2 bridgehead atoms. The Kier molecular flexibility index (Phi) is 5.11. The summed E-state index contributed by atoms with van der Waals surface area (Å²) in [6.45, 7) is 8.18. The van der Waals surface area contributed by atoms with E-state index in [0.29, 0.717) is 29.9 Å². The average molecular weight is 406 g/mol. The second-order valence-electron chi connectivity index (χ2n) is 9.55. The van der Waals surface area contributed by atoms with Gasteiger partial charge in [-0.1, -0.05) is 38.1 Å². The Labute approximate surface area is 178 Å². The Morgan fingerprint density at radius 3 is 2.87 bits per heavy atom. The van der Waals surface area contributed by atoms with Crippen LogP contribution in [0.5, 0.6) is 0 Å². The van der Waals surface area contributed by atoms with Crippen LogP contribution in [0, 0.1) is 11.8 Å². The molecule has 2 aromatic rings. The predicted molar refractivity (Wildman–Crippen MR) is 116 cm³/mol. The number of pyridine rings is 1. The number of rotatable bonds is 6. The Hall–Kier alpha value is -2.24. The highest BCUT2D eigenvalue weighted by Gasteiger charge is 2.62. The number of amides is 1. The molecule has 1 spiro atoms. The number of carbonyl (C=O) groups is 1. The highest BCUT2D eigenvalue weighted by atomic mass is 16.5. The smallest absolute Gasteiger partial charge is 0.252 e. The number of hydrogen-bond donors (Lipinski definition) is 1. The minimum absolute atomic E-state index is 0.00770. The zero-order valence-corrected chi connectivity index (χ0v) is 17.9. The molecule has 3 fully saturated rings. The third-order valence-electron chi connectivity index (χ3n) is 7.33. The molecule has 0 unspecified atom stereocenters. The van der Waals surface area contributed by atoms with Gasteiger partial charge in [0, 0.05) is 50.4 Å². The van der Waals surface area contributed by atoms with Gasteiger partial charge in [0.1, 0.15) is 0 Å². The Morgan fingerprint density at radius 2 is 2.13 bits per heavy atom. The van der Waals surface area contributed by atoms with Gasteiger partial charge in [-0.2, -0.15) is 0 Å². The number of likely N-dealkylation sites (tertiary alicyclic amines) is 1. The molecule has 30 heavy (non-hydrogen) atoms. The van der Waals surface area contributed by atoms with Crippen LogP contribution < -0.4 is 5.32 Å². The summed E-state index contributed by atoms with van der Waals surface area (Å²) in [5.74, 6) is 1.42. The zero-order valence-electron chi connectivity index (χ0n) is 17.9. The predicted octanol–water partition coefficient (Wildman–Crippen LogP) is 3.61. The van der Waals surface area contributed by atoms with Gasteiger partial charge in [-0.05, 0) is 42.0 Å². The van der Waals surface area contributed by atoms with Crippen LogP contribution in [0.25, 0.3) is 0 Å². The lowest BCUT2D eigenvalue weighted by atomic mass is 9.73. The molecular formula is C25H31N3O2. The van der Waals surface area contributed by atoms with E-state index in [0.717, 1.165) is 32.5 Å². The Bertz CT molecular complexity index is 898. The van der Waals surface area contributed by atoms with Crippen molar-refractivity contribution in [1.82, 2.24) is 15.2 Å². The molecule has 1 amide bonds. The fraction of sp³-hybridized carbons (Fsp3) is 0.520. The van der Waals surface area contributed by atoms with Gasteiger partial charge in [-0.15, -0.1) is 0 Å². The van der Waals surface area contributed by atoms with Gasteiger partial charge >= 0.3 is 0 Å². The Balaban J connectivity index is 1.23. The number of hydrogen-bond acceptors (Lipinski definition) is 4. The molecular weight excluding hydrogens is 374 g/mol. The average Bonchev–Trinajstić information content (AvgIpc) is 3.41. The number of aromatic nitrogens is 1. The van der Waals surface area contributed by atoms with Gasteiger partial charge in [-0.25, -0.2) is 0 Å². The summed E-state index contributed by atoms with van der Waals surface area (Å²) in [6, 6.07) is 12.7. The van der Waals surface area contributed by atoms with Crippen molar-refractivity contribution < 1.29 is 9.53 Å². The molecule has 5 heteroatoms. The second-order valence-corrected chi connectivity index (χ2v) is 9.55. The number of ether oxygens (including phenoxy) is 1. The topological polar surface area (TPSA) is 54.5 Å². The molecule has 158 valence electrons. The molecule has 3 aliphatic rings. The van der Waals surface area contributed by atoms with E-state index in [2.05, 4.69) is 53.3 Å². The van der Waals surface area contributed by atoms with E-state index in [1.807, 2.05) is 6.07 Å². The summed E-state index contributed by atoms with van der Waals surface area (Å²) in [5.41, 5.74) is 3.37. The van der Waals surface area contributed by atoms with Crippen LogP contribution in [0.4, 0.5) is 0 Å². The fourth-order valence-corrected chi connectivity index (χ4v) is 5.76. The van der Waals surface area contributed by atoms with Crippen molar-refractivity contribution in [3.05, 3.63) is 65.5 Å². The van der Waals surface area contributed by atoms with Crippen molar-refractivity contribution in [2.75, 3.05) is 19.6 Å². The normalized spacial score (nSPS) is 30.0. The van der Waals surface area contributed by atoms with Crippen molar-refractivity contribution in [3.8, 4) is 0 Å². The van der Waals surface area contributed by atoms with E-state index < -0.39 is 0 Å². The summed E-state index contributed by atoms with van der Waals surface area (Å²) < 4.78 is 6.55. The molecule has 3 aliphatic heterocycles. The van der Waals surface area contributed by atoms with Gasteiger partial charge < -0.3 is 10.1 Å². The van der Waals surface area contributed by atoms with Crippen LogP contribution in [0.2, 0.25) is 0 Å². The summed E-state index contributed by atoms with van der Waals surface area (Å²) >= 11 is 0. The minimum Gasteiger partial charge on any atom is -0.370 e. The lowest BCUT2D eigenvalue weighted by Gasteiger charge is -2.29. The summed E-state index contributed by atoms with van der Waals surface area (Å²) in [6.07, 6.45) is 5.86. The van der Waals surface area contributed by atoms with Crippen molar-refractivity contribution in [2.24, 2.45) is 11.8 Å². The summed E-state index contributed by atoms with van der Waals surface area (Å²) in [5, 5.41) is 3.14. The molecule has 3 saturated heterocycles. The molecule has 0 aliphatic carbocycles. The van der Waals surface area contributed by atoms with E-state index in [-0.39, 0.29) is 17.6 Å². The second kappa shape index (κ2) is 7.78. The number of fused-ring (bicyclic) bond motifs is 1. The van der Waals surface area contributed by atoms with Gasteiger partial charge in [-0.3, -0.25) is 14.7 Å². The van der Waals surface area contributed by atoms with Gasteiger partial charge in [0.05, 0.1) is 17.3 Å². The first kappa shape index (κ1) is 19.7. The standard InChI is InChI=1S/C25H31N3O2/c1-17(2)19-7-5-18(6-8-19)14-28-15-22-21(23-9-10-25(22,16-28)30-23)13-27-24(29)20-4-3-11-26-12-20/h3-8,11-12,17,21-23H,9-10,13-16H2,1-2H3,(H,27,29)/t21-,22+,23+,25+/m0/s1. The third kappa shape index (κ3) is 3.54. The maximum atomic E-state index is 12.5. The molecule has 5 rings (SSSR count). The quantitative estimate of drug-likeness (QED) is 0.798. The van der Waals surface area contributed by atoms with Gasteiger partial charge in [0.2, 0.25) is 0 Å². The summed E-state index contributed by atoms with van der Waals surface area (Å²) in [4.78, 5) is 19.1. The molecule has 1 aromatic carbocycles. The Morgan fingerprint density at radius 1 is 1.30 bits per heavy atom. The van der Waals surface area contributed by atoms with Crippen LogP contribution in [0.15, 0.2) is 48.8 Å². The van der Waals surface area contributed by atoms with Crippen LogP contribution >= 0.6 is 0 Å². The largest absolute Gasteiger partial charge is 0.370 e. The molecule has 0 radical (unpaired) electrons. The van der Waals surface area contributed by atoms with Crippen LogP contribution in [-0.4, -0.2) is 47.1 Å². The van der Waals surface area contributed by atoms with Crippen LogP contribution in [0.1, 0.15) is 54.1 Å². The van der Waals surface area contributed by atoms with E-state index in [4.69, 9.17) is 4.74 Å². The van der Waals surface area contributed by atoms with E-state index >= 15 is 0 Å². The molecule has 1 aromatic heterocycles. The minimum atomic E-state index is -0.0416. The first-order valence-electron chi connectivity index (χ1n) is 11.2.